The van der Waals surface area contributed by atoms with E-state index in [9.17, 15) is 5.26 Å². The Morgan fingerprint density at radius 1 is 1.26 bits per heavy atom. The predicted octanol–water partition coefficient (Wildman–Crippen LogP) is 4.87. The van der Waals surface area contributed by atoms with Crippen LogP contribution in [0.1, 0.15) is 43.6 Å². The van der Waals surface area contributed by atoms with Gasteiger partial charge in [-0.25, -0.2) is 9.97 Å². The zero-order chi connectivity index (χ0) is 22.7. The Labute approximate surface area is 191 Å². The number of aryl methyl sites for hydroxylation is 2. The van der Waals surface area contributed by atoms with Gasteiger partial charge in [-0.3, -0.25) is 4.68 Å². The van der Waals surface area contributed by atoms with E-state index in [-0.39, 0.29) is 10.3 Å². The highest BCUT2D eigenvalue weighted by atomic mass is 35.5. The van der Waals surface area contributed by atoms with Gasteiger partial charge in [0.05, 0.1) is 17.9 Å². The fraction of sp³-hybridized carbons (Fsp3) is 0.381. The molecule has 0 aliphatic rings. The number of hydrogen-bond acceptors (Lipinski definition) is 5. The number of pyridine rings is 2. The third-order valence-electron chi connectivity index (χ3n) is 4.88. The number of aliphatic imine (C=N–C) groups is 1. The minimum Gasteiger partial charge on any atom is -0.336 e. The molecule has 0 bridgehead atoms. The quantitative estimate of drug-likeness (QED) is 0.253. The molecule has 0 atom stereocenters. The van der Waals surface area contributed by atoms with E-state index >= 15 is 0 Å². The molecule has 162 valence electrons. The maximum absolute atomic E-state index is 9.24. The second-order valence-corrected chi connectivity index (χ2v) is 8.22. The van der Waals surface area contributed by atoms with Gasteiger partial charge in [0, 0.05) is 24.7 Å². The number of aromatic nitrogens is 4. The molecule has 0 radical (unpaired) electrons. The molecule has 10 heteroatoms. The predicted molar refractivity (Wildman–Crippen MR) is 124 cm³/mol. The molecule has 31 heavy (non-hydrogen) atoms. The molecule has 0 aliphatic heterocycles. The summed E-state index contributed by atoms with van der Waals surface area (Å²) in [5, 5.41) is 18.5. The number of nitriles is 1. The van der Waals surface area contributed by atoms with Crippen molar-refractivity contribution in [2.75, 3.05) is 11.9 Å². The van der Waals surface area contributed by atoms with Crippen molar-refractivity contribution < 1.29 is 0 Å². The van der Waals surface area contributed by atoms with Gasteiger partial charge in [-0.15, -0.1) is 4.99 Å². The number of fused-ring (bicyclic) bond motifs is 1. The van der Waals surface area contributed by atoms with E-state index in [1.807, 2.05) is 32.0 Å². The van der Waals surface area contributed by atoms with Crippen molar-refractivity contribution >= 4 is 45.9 Å². The van der Waals surface area contributed by atoms with Gasteiger partial charge in [-0.2, -0.15) is 10.4 Å². The molecule has 0 saturated carbocycles. The second kappa shape index (κ2) is 9.50. The highest BCUT2D eigenvalue weighted by Crippen LogP contribution is 2.28. The average molecular weight is 459 g/mol. The third kappa shape index (κ3) is 5.06. The van der Waals surface area contributed by atoms with Crippen LogP contribution in [0, 0.1) is 18.4 Å². The van der Waals surface area contributed by atoms with Crippen molar-refractivity contribution in [1.82, 2.24) is 24.6 Å². The van der Waals surface area contributed by atoms with Crippen molar-refractivity contribution in [1.29, 1.82) is 5.26 Å². The molecule has 3 heterocycles. The van der Waals surface area contributed by atoms with E-state index in [2.05, 4.69) is 40.3 Å². The van der Waals surface area contributed by atoms with E-state index in [4.69, 9.17) is 28.2 Å². The molecule has 0 amide bonds. The summed E-state index contributed by atoms with van der Waals surface area (Å²) in [7, 11) is 1.90. The van der Waals surface area contributed by atoms with E-state index in [0.717, 1.165) is 22.4 Å². The molecule has 0 aromatic carbocycles. The lowest BCUT2D eigenvalue weighted by Crippen LogP contribution is -2.36. The van der Waals surface area contributed by atoms with E-state index in [0.29, 0.717) is 30.7 Å². The second-order valence-electron chi connectivity index (χ2n) is 7.44. The van der Waals surface area contributed by atoms with Gasteiger partial charge < -0.3 is 10.2 Å². The van der Waals surface area contributed by atoms with Crippen LogP contribution in [0.2, 0.25) is 10.3 Å². The summed E-state index contributed by atoms with van der Waals surface area (Å²) in [4.78, 5) is 14.7. The lowest BCUT2D eigenvalue weighted by atomic mass is 9.98. The summed E-state index contributed by atoms with van der Waals surface area (Å²) in [5.41, 5.74) is 4.45. The van der Waals surface area contributed by atoms with Crippen LogP contribution in [0.25, 0.3) is 11.0 Å². The van der Waals surface area contributed by atoms with Gasteiger partial charge in [-0.1, -0.05) is 37.0 Å². The summed E-state index contributed by atoms with van der Waals surface area (Å²) in [6.45, 7) is 9.35. The maximum Gasteiger partial charge on any atom is 0.214 e. The average Bonchev–Trinajstić information content (AvgIpc) is 2.98. The molecule has 3 aromatic heterocycles. The van der Waals surface area contributed by atoms with Crippen LogP contribution in [-0.4, -0.2) is 37.2 Å². The normalized spacial score (nSPS) is 11.8. The summed E-state index contributed by atoms with van der Waals surface area (Å²) < 4.78 is 1.81. The van der Waals surface area contributed by atoms with Crippen LogP contribution in [0.15, 0.2) is 23.2 Å². The molecule has 0 fully saturated rings. The zero-order valence-corrected chi connectivity index (χ0v) is 19.6. The SMILES string of the molecule is CCN(Cc1cc(C(C)C)c2c(C)nn(C)c2n1)/C(=N/C#N)Nc1cc(Cl)nc(Cl)c1. The first kappa shape index (κ1) is 22.8. The molecule has 3 aromatic rings. The van der Waals surface area contributed by atoms with Gasteiger partial charge in [0.2, 0.25) is 12.2 Å². The first-order valence-corrected chi connectivity index (χ1v) is 10.6. The Bertz CT molecular complexity index is 1160. The first-order chi connectivity index (χ1) is 14.7. The van der Waals surface area contributed by atoms with E-state index < -0.39 is 0 Å². The Balaban J connectivity index is 1.98. The highest BCUT2D eigenvalue weighted by molar-refractivity contribution is 6.33. The topological polar surface area (TPSA) is 95.0 Å². The Morgan fingerprint density at radius 2 is 1.94 bits per heavy atom. The first-order valence-electron chi connectivity index (χ1n) is 9.88. The van der Waals surface area contributed by atoms with Gasteiger partial charge in [0.15, 0.2) is 5.65 Å². The van der Waals surface area contributed by atoms with Crippen molar-refractivity contribution in [2.24, 2.45) is 12.0 Å². The van der Waals surface area contributed by atoms with Crippen LogP contribution < -0.4 is 5.32 Å². The fourth-order valence-electron chi connectivity index (χ4n) is 3.49. The monoisotopic (exact) mass is 458 g/mol. The molecule has 0 unspecified atom stereocenters. The van der Waals surface area contributed by atoms with E-state index in [1.54, 1.807) is 16.8 Å². The number of nitrogens with zero attached hydrogens (tertiary/aromatic N) is 7. The number of nitrogens with one attached hydrogen (secondary N) is 1. The van der Waals surface area contributed by atoms with Crippen molar-refractivity contribution in [3.63, 3.8) is 0 Å². The molecule has 1 N–H and O–H groups in total. The summed E-state index contributed by atoms with van der Waals surface area (Å²) >= 11 is 12.0. The Kier molecular flexibility index (Phi) is 6.98. The lowest BCUT2D eigenvalue weighted by molar-refractivity contribution is 0.428. The molecule has 0 saturated heterocycles. The summed E-state index contributed by atoms with van der Waals surface area (Å²) in [6.07, 6.45) is 1.86. The van der Waals surface area contributed by atoms with Gasteiger partial charge in [0.1, 0.15) is 10.3 Å². The molecular weight excluding hydrogens is 435 g/mol. The minimum absolute atomic E-state index is 0.245. The molecule has 8 nitrogen and oxygen atoms in total. The third-order valence-corrected chi connectivity index (χ3v) is 5.27. The maximum atomic E-state index is 9.24. The Hall–Kier alpha value is -2.89. The number of hydrogen-bond donors (Lipinski definition) is 1. The van der Waals surface area contributed by atoms with Crippen molar-refractivity contribution in [3.05, 3.63) is 45.5 Å². The van der Waals surface area contributed by atoms with Crippen LogP contribution in [-0.2, 0) is 13.6 Å². The van der Waals surface area contributed by atoms with Crippen molar-refractivity contribution in [2.45, 2.75) is 40.2 Å². The summed E-state index contributed by atoms with van der Waals surface area (Å²) in [5.74, 6) is 0.686. The molecule has 0 spiro atoms. The number of guanidine groups is 1. The fourth-order valence-corrected chi connectivity index (χ4v) is 3.95. The Morgan fingerprint density at radius 3 is 2.52 bits per heavy atom. The molecular formula is C21H24Cl2N8. The largest absolute Gasteiger partial charge is 0.336 e. The van der Waals surface area contributed by atoms with Crippen LogP contribution in [0.5, 0.6) is 0 Å². The number of anilines is 1. The number of halogens is 2. The molecule has 0 aliphatic carbocycles. The standard InChI is InChI=1S/C21H24Cl2N8/c1-6-31(21(25-11-24)27-14-8-17(22)28-18(23)9-14)10-15-7-16(12(2)3)19-13(4)29-30(5)20(19)26-15/h7-9,12H,6,10H2,1-5H3,(H,25,27,28). The number of rotatable bonds is 5. The van der Waals surface area contributed by atoms with Gasteiger partial charge >= 0.3 is 0 Å². The van der Waals surface area contributed by atoms with E-state index in [1.165, 1.54) is 5.56 Å². The smallest absolute Gasteiger partial charge is 0.214 e. The van der Waals surface area contributed by atoms with Gasteiger partial charge in [-0.05, 0) is 43.5 Å². The van der Waals surface area contributed by atoms with Crippen LogP contribution >= 0.6 is 23.2 Å². The van der Waals surface area contributed by atoms with Crippen LogP contribution in [0.4, 0.5) is 5.69 Å². The zero-order valence-electron chi connectivity index (χ0n) is 18.1. The minimum atomic E-state index is 0.245. The van der Waals surface area contributed by atoms with Crippen molar-refractivity contribution in [3.8, 4) is 6.19 Å². The van der Waals surface area contributed by atoms with Crippen LogP contribution in [0.3, 0.4) is 0 Å². The molecule has 3 rings (SSSR count). The van der Waals surface area contributed by atoms with Gasteiger partial charge in [0.25, 0.3) is 0 Å². The highest BCUT2D eigenvalue weighted by Gasteiger charge is 2.18. The summed E-state index contributed by atoms with van der Waals surface area (Å²) in [6, 6.07) is 5.34. The lowest BCUT2D eigenvalue weighted by Gasteiger charge is -2.25.